The van der Waals surface area contributed by atoms with E-state index in [0.717, 1.165) is 0 Å². The standard InChI is InChI=1S/C17H16N2O6/c1-9-7-19-15-13(25-17(19)18-14(9)21)12(20)11(24-15)8-23-16(22)10-5-3-2-4-6-10/h2-7,11-13,15,20H,8H2,1H3/t11-,12+,13+,15+/m1/s1. The predicted molar refractivity (Wildman–Crippen MR) is 84.3 cm³/mol. The van der Waals surface area contributed by atoms with Gasteiger partial charge in [0.2, 0.25) is 0 Å². The van der Waals surface area contributed by atoms with Crippen LogP contribution >= 0.6 is 0 Å². The van der Waals surface area contributed by atoms with Crippen molar-refractivity contribution in [1.29, 1.82) is 0 Å². The summed E-state index contributed by atoms with van der Waals surface area (Å²) in [7, 11) is 0. The molecule has 4 atom stereocenters. The summed E-state index contributed by atoms with van der Waals surface area (Å²) in [4.78, 5) is 27.4. The Labute approximate surface area is 142 Å². The second-order valence-electron chi connectivity index (χ2n) is 6.02. The van der Waals surface area contributed by atoms with Crippen LogP contribution in [0.15, 0.2) is 41.3 Å². The van der Waals surface area contributed by atoms with Gasteiger partial charge in [0.1, 0.15) is 18.8 Å². The minimum Gasteiger partial charge on any atom is -0.459 e. The van der Waals surface area contributed by atoms with Gasteiger partial charge in [-0.3, -0.25) is 9.36 Å². The lowest BCUT2D eigenvalue weighted by atomic mass is 10.1. The van der Waals surface area contributed by atoms with Crippen LogP contribution in [0.2, 0.25) is 0 Å². The fraction of sp³-hybridized carbons (Fsp3) is 0.353. The maximum atomic E-state index is 12.0. The Balaban J connectivity index is 1.45. The molecular weight excluding hydrogens is 328 g/mol. The minimum absolute atomic E-state index is 0.104. The molecular formula is C17H16N2O6. The number of benzene rings is 1. The fourth-order valence-corrected chi connectivity index (χ4v) is 2.97. The van der Waals surface area contributed by atoms with Crippen LogP contribution in [0, 0.1) is 6.92 Å². The zero-order valence-electron chi connectivity index (χ0n) is 13.4. The maximum absolute atomic E-state index is 12.0. The Morgan fingerprint density at radius 3 is 2.88 bits per heavy atom. The number of carbonyl (C=O) groups excluding carboxylic acids is 1. The molecule has 0 bridgehead atoms. The molecule has 2 aromatic rings. The van der Waals surface area contributed by atoms with E-state index >= 15 is 0 Å². The highest BCUT2D eigenvalue weighted by molar-refractivity contribution is 5.89. The number of hydrogen-bond acceptors (Lipinski definition) is 7. The van der Waals surface area contributed by atoms with Crippen LogP contribution in [-0.4, -0.2) is 45.5 Å². The zero-order valence-corrected chi connectivity index (χ0v) is 13.4. The molecule has 2 aliphatic heterocycles. The van der Waals surface area contributed by atoms with Gasteiger partial charge in [-0.1, -0.05) is 18.2 Å². The molecule has 8 nitrogen and oxygen atoms in total. The van der Waals surface area contributed by atoms with E-state index in [-0.39, 0.29) is 18.2 Å². The summed E-state index contributed by atoms with van der Waals surface area (Å²) < 4.78 is 18.1. The first-order valence-electron chi connectivity index (χ1n) is 7.87. The number of aromatic nitrogens is 2. The first kappa shape index (κ1) is 15.8. The van der Waals surface area contributed by atoms with E-state index in [1.54, 1.807) is 48.0 Å². The Hall–Kier alpha value is -2.71. The Kier molecular flexibility index (Phi) is 3.78. The number of aryl methyl sites for hydroxylation is 1. The van der Waals surface area contributed by atoms with Crippen molar-refractivity contribution in [3.63, 3.8) is 0 Å². The summed E-state index contributed by atoms with van der Waals surface area (Å²) in [5, 5.41) is 10.4. The van der Waals surface area contributed by atoms with Crippen molar-refractivity contribution in [2.75, 3.05) is 6.61 Å². The number of carbonyl (C=O) groups is 1. The van der Waals surface area contributed by atoms with Crippen molar-refractivity contribution in [2.24, 2.45) is 0 Å². The second kappa shape index (κ2) is 5.98. The van der Waals surface area contributed by atoms with Gasteiger partial charge in [0, 0.05) is 11.8 Å². The van der Waals surface area contributed by atoms with Crippen LogP contribution in [0.25, 0.3) is 0 Å². The third kappa shape index (κ3) is 2.69. The van der Waals surface area contributed by atoms with E-state index in [4.69, 9.17) is 14.2 Å². The first-order valence-corrected chi connectivity index (χ1v) is 7.87. The van der Waals surface area contributed by atoms with Crippen molar-refractivity contribution < 1.29 is 24.1 Å². The van der Waals surface area contributed by atoms with Gasteiger partial charge in [-0.15, -0.1) is 0 Å². The predicted octanol–water partition coefficient (Wildman–Crippen LogP) is 0.428. The van der Waals surface area contributed by atoms with Crippen LogP contribution in [0.3, 0.4) is 0 Å². The molecule has 1 fully saturated rings. The summed E-state index contributed by atoms with van der Waals surface area (Å²) in [6.45, 7) is 1.54. The number of nitrogens with zero attached hydrogens (tertiary/aromatic N) is 2. The normalized spacial score (nSPS) is 26.6. The number of aliphatic hydroxyl groups is 1. The number of esters is 1. The smallest absolute Gasteiger partial charge is 0.338 e. The molecule has 25 heavy (non-hydrogen) atoms. The molecule has 1 aromatic heterocycles. The first-order chi connectivity index (χ1) is 12.0. The third-order valence-corrected chi connectivity index (χ3v) is 4.30. The summed E-state index contributed by atoms with van der Waals surface area (Å²) in [6.07, 6.45) is -1.46. The van der Waals surface area contributed by atoms with Crippen molar-refractivity contribution in [3.8, 4) is 6.01 Å². The average Bonchev–Trinajstić information content (AvgIpc) is 3.11. The lowest BCUT2D eigenvalue weighted by Gasteiger charge is -2.17. The highest BCUT2D eigenvalue weighted by Crippen LogP contribution is 2.39. The van der Waals surface area contributed by atoms with Crippen LogP contribution in [0.4, 0.5) is 0 Å². The van der Waals surface area contributed by atoms with Gasteiger partial charge in [-0.05, 0) is 19.1 Å². The SMILES string of the molecule is Cc1cn2c(nc1=O)O[C@H]1[C@@H](O)[C@@H](COC(=O)c3ccccc3)O[C@@H]12. The Morgan fingerprint density at radius 1 is 1.36 bits per heavy atom. The molecule has 0 radical (unpaired) electrons. The van der Waals surface area contributed by atoms with Gasteiger partial charge in [-0.2, -0.15) is 4.98 Å². The third-order valence-electron chi connectivity index (χ3n) is 4.30. The van der Waals surface area contributed by atoms with E-state index < -0.39 is 30.5 Å². The molecule has 0 aliphatic carbocycles. The maximum Gasteiger partial charge on any atom is 0.338 e. The Morgan fingerprint density at radius 2 is 2.12 bits per heavy atom. The van der Waals surface area contributed by atoms with Crippen LogP contribution in [-0.2, 0) is 9.47 Å². The molecule has 3 heterocycles. The van der Waals surface area contributed by atoms with Gasteiger partial charge in [0.15, 0.2) is 12.3 Å². The van der Waals surface area contributed by atoms with E-state index in [9.17, 15) is 14.7 Å². The topological polar surface area (TPSA) is 99.9 Å². The van der Waals surface area contributed by atoms with Gasteiger partial charge in [0.05, 0.1) is 5.56 Å². The molecule has 1 aromatic carbocycles. The number of aliphatic hydroxyl groups excluding tert-OH is 1. The number of fused-ring (bicyclic) bond motifs is 3. The fourth-order valence-electron chi connectivity index (χ4n) is 2.97. The van der Waals surface area contributed by atoms with Crippen molar-refractivity contribution >= 4 is 5.97 Å². The van der Waals surface area contributed by atoms with Gasteiger partial charge in [-0.25, -0.2) is 4.79 Å². The van der Waals surface area contributed by atoms with Crippen LogP contribution in [0.1, 0.15) is 22.1 Å². The molecule has 1 saturated heterocycles. The monoisotopic (exact) mass is 344 g/mol. The molecule has 0 saturated carbocycles. The molecule has 1 N–H and O–H groups in total. The van der Waals surface area contributed by atoms with Crippen LogP contribution < -0.4 is 10.3 Å². The van der Waals surface area contributed by atoms with Crippen molar-refractivity contribution in [3.05, 3.63) is 58.0 Å². The van der Waals surface area contributed by atoms with Crippen LogP contribution in [0.5, 0.6) is 6.01 Å². The lowest BCUT2D eigenvalue weighted by Crippen LogP contribution is -2.36. The number of hydrogen-bond donors (Lipinski definition) is 1. The quantitative estimate of drug-likeness (QED) is 0.806. The highest BCUT2D eigenvalue weighted by atomic mass is 16.6. The second-order valence-corrected chi connectivity index (χ2v) is 6.02. The summed E-state index contributed by atoms with van der Waals surface area (Å²) in [6, 6.07) is 8.69. The zero-order chi connectivity index (χ0) is 17.6. The molecule has 8 heteroatoms. The average molecular weight is 344 g/mol. The van der Waals surface area contributed by atoms with Crippen molar-refractivity contribution in [1.82, 2.24) is 9.55 Å². The van der Waals surface area contributed by atoms with E-state index in [1.165, 1.54) is 0 Å². The van der Waals surface area contributed by atoms with Crippen molar-refractivity contribution in [2.45, 2.75) is 31.5 Å². The summed E-state index contributed by atoms with van der Waals surface area (Å²) in [5.74, 6) is -0.490. The summed E-state index contributed by atoms with van der Waals surface area (Å²) >= 11 is 0. The van der Waals surface area contributed by atoms with Gasteiger partial charge in [0.25, 0.3) is 5.56 Å². The molecule has 0 unspecified atom stereocenters. The molecule has 0 amide bonds. The largest absolute Gasteiger partial charge is 0.459 e. The molecule has 4 rings (SSSR count). The molecule has 2 aliphatic rings. The Bertz CT molecular complexity index is 865. The summed E-state index contributed by atoms with van der Waals surface area (Å²) in [5.41, 5.74) is 0.494. The minimum atomic E-state index is -1.01. The van der Waals surface area contributed by atoms with E-state index in [1.807, 2.05) is 0 Å². The van der Waals surface area contributed by atoms with E-state index in [0.29, 0.717) is 11.1 Å². The molecule has 0 spiro atoms. The number of rotatable bonds is 3. The van der Waals surface area contributed by atoms with Gasteiger partial charge < -0.3 is 19.3 Å². The lowest BCUT2D eigenvalue weighted by molar-refractivity contribution is -0.0512. The highest BCUT2D eigenvalue weighted by Gasteiger charge is 2.51. The van der Waals surface area contributed by atoms with Gasteiger partial charge >= 0.3 is 12.0 Å². The number of ether oxygens (including phenoxy) is 3. The van der Waals surface area contributed by atoms with E-state index in [2.05, 4.69) is 4.98 Å². The molecule has 130 valence electrons.